The van der Waals surface area contributed by atoms with E-state index in [1.807, 2.05) is 11.6 Å². The van der Waals surface area contributed by atoms with Crippen LogP contribution in [0.25, 0.3) is 0 Å². The van der Waals surface area contributed by atoms with Crippen molar-refractivity contribution in [1.82, 2.24) is 10.3 Å². The highest BCUT2D eigenvalue weighted by molar-refractivity contribution is 7.09. The number of thiazole rings is 1. The number of nitrogens with one attached hydrogen (secondary N) is 1. The van der Waals surface area contributed by atoms with Crippen LogP contribution < -0.4 is 5.32 Å². The number of aromatic nitrogens is 1. The second-order valence-electron chi connectivity index (χ2n) is 5.01. The predicted molar refractivity (Wildman–Crippen MR) is 88.4 cm³/mol. The van der Waals surface area contributed by atoms with E-state index < -0.39 is 0 Å². The topological polar surface area (TPSA) is 24.9 Å². The van der Waals surface area contributed by atoms with Crippen LogP contribution in [0.15, 0.2) is 66.2 Å². The first-order chi connectivity index (χ1) is 10.3. The summed E-state index contributed by atoms with van der Waals surface area (Å²) in [5.74, 6) is 0. The van der Waals surface area contributed by atoms with Crippen molar-refractivity contribution in [3.8, 4) is 0 Å². The molecule has 3 heteroatoms. The molecule has 0 fully saturated rings. The largest absolute Gasteiger partial charge is 0.300 e. The standard InChI is InChI=1S/C18H18N2S/c1-14-7-5-6-10-16(14)18(15-8-3-2-4-9-15)20-13-17-19-11-12-21-17/h2-12,18,20H,13H2,1H3. The zero-order chi connectivity index (χ0) is 14.5. The Bertz CT molecular complexity index is 677. The third-order valence-electron chi connectivity index (χ3n) is 3.57. The third kappa shape index (κ3) is 3.38. The average Bonchev–Trinajstić information content (AvgIpc) is 3.04. The predicted octanol–water partition coefficient (Wildman–Crippen LogP) is 4.33. The lowest BCUT2D eigenvalue weighted by molar-refractivity contribution is 0.601. The van der Waals surface area contributed by atoms with Crippen LogP contribution in [0.2, 0.25) is 0 Å². The van der Waals surface area contributed by atoms with Crippen LogP contribution in [0.4, 0.5) is 0 Å². The molecule has 0 bridgehead atoms. The first-order valence-electron chi connectivity index (χ1n) is 7.07. The molecular formula is C18H18N2S. The molecule has 21 heavy (non-hydrogen) atoms. The molecular weight excluding hydrogens is 276 g/mol. The lowest BCUT2D eigenvalue weighted by Gasteiger charge is -2.21. The van der Waals surface area contributed by atoms with Crippen LogP contribution in [0.5, 0.6) is 0 Å². The van der Waals surface area contributed by atoms with E-state index in [0.29, 0.717) is 0 Å². The Morgan fingerprint density at radius 2 is 1.81 bits per heavy atom. The fourth-order valence-corrected chi connectivity index (χ4v) is 3.06. The summed E-state index contributed by atoms with van der Waals surface area (Å²) in [5.41, 5.74) is 3.90. The van der Waals surface area contributed by atoms with Gasteiger partial charge in [0.1, 0.15) is 5.01 Å². The molecule has 1 N–H and O–H groups in total. The molecule has 2 nitrogen and oxygen atoms in total. The fourth-order valence-electron chi connectivity index (χ4n) is 2.49. The van der Waals surface area contributed by atoms with E-state index in [2.05, 4.69) is 71.8 Å². The molecule has 0 aliphatic carbocycles. The van der Waals surface area contributed by atoms with Crippen LogP contribution in [0, 0.1) is 6.92 Å². The summed E-state index contributed by atoms with van der Waals surface area (Å²) < 4.78 is 0. The SMILES string of the molecule is Cc1ccccc1C(NCc1nccs1)c1ccccc1. The second kappa shape index (κ2) is 6.66. The molecule has 1 aromatic heterocycles. The molecule has 3 aromatic rings. The maximum absolute atomic E-state index is 4.35. The van der Waals surface area contributed by atoms with Gasteiger partial charge in [0.2, 0.25) is 0 Å². The van der Waals surface area contributed by atoms with Gasteiger partial charge in [0, 0.05) is 18.1 Å². The van der Waals surface area contributed by atoms with Crippen molar-refractivity contribution in [2.45, 2.75) is 19.5 Å². The summed E-state index contributed by atoms with van der Waals surface area (Å²) in [7, 11) is 0. The molecule has 1 atom stereocenters. The summed E-state index contributed by atoms with van der Waals surface area (Å²) >= 11 is 1.69. The molecule has 0 aliphatic rings. The Morgan fingerprint density at radius 1 is 1.05 bits per heavy atom. The number of hydrogen-bond acceptors (Lipinski definition) is 3. The van der Waals surface area contributed by atoms with E-state index in [4.69, 9.17) is 0 Å². The molecule has 0 saturated carbocycles. The highest BCUT2D eigenvalue weighted by atomic mass is 32.1. The minimum absolute atomic E-state index is 0.191. The zero-order valence-electron chi connectivity index (χ0n) is 12.0. The molecule has 2 aromatic carbocycles. The molecule has 0 saturated heterocycles. The molecule has 1 heterocycles. The summed E-state index contributed by atoms with van der Waals surface area (Å²) in [6, 6.07) is 19.3. The van der Waals surface area contributed by atoms with Gasteiger partial charge in [-0.15, -0.1) is 11.3 Å². The fraction of sp³-hybridized carbons (Fsp3) is 0.167. The van der Waals surface area contributed by atoms with Crippen LogP contribution in [-0.2, 0) is 6.54 Å². The van der Waals surface area contributed by atoms with E-state index in [9.17, 15) is 0 Å². The van der Waals surface area contributed by atoms with E-state index in [0.717, 1.165) is 11.6 Å². The van der Waals surface area contributed by atoms with Crippen LogP contribution in [0.3, 0.4) is 0 Å². The van der Waals surface area contributed by atoms with Gasteiger partial charge in [0.15, 0.2) is 0 Å². The van der Waals surface area contributed by atoms with Crippen molar-refractivity contribution in [3.05, 3.63) is 87.9 Å². The van der Waals surface area contributed by atoms with Gasteiger partial charge in [-0.1, -0.05) is 54.6 Å². The quantitative estimate of drug-likeness (QED) is 0.757. The Morgan fingerprint density at radius 3 is 2.52 bits per heavy atom. The monoisotopic (exact) mass is 294 g/mol. The highest BCUT2D eigenvalue weighted by Gasteiger charge is 2.15. The van der Waals surface area contributed by atoms with Gasteiger partial charge >= 0.3 is 0 Å². The first kappa shape index (κ1) is 14.0. The van der Waals surface area contributed by atoms with Crippen LogP contribution >= 0.6 is 11.3 Å². The summed E-state index contributed by atoms with van der Waals surface area (Å²) in [6.45, 7) is 2.95. The number of rotatable bonds is 5. The molecule has 0 aliphatic heterocycles. The van der Waals surface area contributed by atoms with E-state index in [1.54, 1.807) is 11.3 Å². The van der Waals surface area contributed by atoms with Gasteiger partial charge in [-0.25, -0.2) is 4.98 Å². The Balaban J connectivity index is 1.90. The Kier molecular flexibility index (Phi) is 4.43. The highest BCUT2D eigenvalue weighted by Crippen LogP contribution is 2.25. The third-order valence-corrected chi connectivity index (χ3v) is 4.35. The summed E-state index contributed by atoms with van der Waals surface area (Å²) in [5, 5.41) is 6.77. The van der Waals surface area contributed by atoms with Gasteiger partial charge in [0.25, 0.3) is 0 Å². The lowest BCUT2D eigenvalue weighted by Crippen LogP contribution is -2.22. The maximum atomic E-state index is 4.35. The van der Waals surface area contributed by atoms with Gasteiger partial charge in [-0.3, -0.25) is 5.32 Å². The van der Waals surface area contributed by atoms with Crippen LogP contribution in [-0.4, -0.2) is 4.98 Å². The van der Waals surface area contributed by atoms with Crippen LogP contribution in [0.1, 0.15) is 27.7 Å². The number of benzene rings is 2. The Hall–Kier alpha value is -1.97. The van der Waals surface area contributed by atoms with Crippen molar-refractivity contribution in [3.63, 3.8) is 0 Å². The van der Waals surface area contributed by atoms with Gasteiger partial charge in [-0.2, -0.15) is 0 Å². The molecule has 0 spiro atoms. The van der Waals surface area contributed by atoms with Crippen molar-refractivity contribution in [1.29, 1.82) is 0 Å². The smallest absolute Gasteiger partial charge is 0.106 e. The van der Waals surface area contributed by atoms with Crippen molar-refractivity contribution in [2.75, 3.05) is 0 Å². The van der Waals surface area contributed by atoms with Gasteiger partial charge < -0.3 is 0 Å². The molecule has 3 rings (SSSR count). The summed E-state index contributed by atoms with van der Waals surface area (Å²) in [4.78, 5) is 4.35. The molecule has 106 valence electrons. The first-order valence-corrected chi connectivity index (χ1v) is 7.95. The molecule has 0 amide bonds. The maximum Gasteiger partial charge on any atom is 0.106 e. The van der Waals surface area contributed by atoms with Gasteiger partial charge in [0.05, 0.1) is 6.04 Å². The van der Waals surface area contributed by atoms with E-state index in [-0.39, 0.29) is 6.04 Å². The number of aryl methyl sites for hydroxylation is 1. The average molecular weight is 294 g/mol. The zero-order valence-corrected chi connectivity index (χ0v) is 12.8. The second-order valence-corrected chi connectivity index (χ2v) is 5.99. The van der Waals surface area contributed by atoms with Gasteiger partial charge in [-0.05, 0) is 23.6 Å². The van der Waals surface area contributed by atoms with E-state index in [1.165, 1.54) is 16.7 Å². The van der Waals surface area contributed by atoms with Crippen molar-refractivity contribution < 1.29 is 0 Å². The van der Waals surface area contributed by atoms with E-state index >= 15 is 0 Å². The Labute approximate surface area is 129 Å². The van der Waals surface area contributed by atoms with Crippen molar-refractivity contribution >= 4 is 11.3 Å². The van der Waals surface area contributed by atoms with Crippen molar-refractivity contribution in [2.24, 2.45) is 0 Å². The molecule has 0 radical (unpaired) electrons. The normalized spacial score (nSPS) is 12.2. The number of hydrogen-bond donors (Lipinski definition) is 1. The minimum atomic E-state index is 0.191. The molecule has 1 unspecified atom stereocenters. The number of nitrogens with zero attached hydrogens (tertiary/aromatic N) is 1. The minimum Gasteiger partial charge on any atom is -0.300 e. The lowest BCUT2D eigenvalue weighted by atomic mass is 9.95. The summed E-state index contributed by atoms with van der Waals surface area (Å²) in [6.07, 6.45) is 1.85.